The van der Waals surface area contributed by atoms with E-state index in [0.29, 0.717) is 17.0 Å². The third-order valence-corrected chi connectivity index (χ3v) is 4.93. The van der Waals surface area contributed by atoms with Crippen molar-refractivity contribution in [2.24, 2.45) is 0 Å². The van der Waals surface area contributed by atoms with Gasteiger partial charge in [-0.05, 0) is 52.1 Å². The molecule has 2 nitrogen and oxygen atoms in total. The maximum absolute atomic E-state index is 13.4. The summed E-state index contributed by atoms with van der Waals surface area (Å²) in [5, 5.41) is -0.553. The van der Waals surface area contributed by atoms with Gasteiger partial charge in [0, 0.05) is 16.7 Å². The van der Waals surface area contributed by atoms with Gasteiger partial charge in [0.25, 0.3) is 5.24 Å². The Balaban J connectivity index is 2.72. The van der Waals surface area contributed by atoms with Crippen LogP contribution in [0.1, 0.15) is 102 Å². The summed E-state index contributed by atoms with van der Waals surface area (Å²) in [4.78, 5) is 24.9. The van der Waals surface area contributed by atoms with Crippen LogP contribution in [0.2, 0.25) is 0 Å². The lowest BCUT2D eigenvalue weighted by Crippen LogP contribution is -2.13. The first kappa shape index (κ1) is 20.4. The van der Waals surface area contributed by atoms with Crippen LogP contribution >= 0.6 is 11.6 Å². The molecule has 0 spiro atoms. The number of carbonyl (C=O) groups is 2. The minimum atomic E-state index is -0.553. The minimum Gasteiger partial charge on any atom is -0.289 e. The van der Waals surface area contributed by atoms with E-state index >= 15 is 0 Å². The van der Waals surface area contributed by atoms with Crippen LogP contribution in [-0.4, -0.2) is 11.0 Å². The molecule has 0 fully saturated rings. The first-order valence-corrected chi connectivity index (χ1v) is 9.53. The van der Waals surface area contributed by atoms with Crippen LogP contribution in [0.3, 0.4) is 0 Å². The summed E-state index contributed by atoms with van der Waals surface area (Å²) in [6.07, 6.45) is 0. The van der Waals surface area contributed by atoms with Crippen molar-refractivity contribution in [3.05, 3.63) is 69.8 Å². The summed E-state index contributed by atoms with van der Waals surface area (Å²) < 4.78 is 0. The first-order valence-electron chi connectivity index (χ1n) is 9.15. The Morgan fingerprint density at radius 3 is 1.69 bits per heavy atom. The lowest BCUT2D eigenvalue weighted by molar-refractivity contribution is 0.103. The van der Waals surface area contributed by atoms with Gasteiger partial charge in [0.15, 0.2) is 5.78 Å². The molecule has 26 heavy (non-hydrogen) atoms. The van der Waals surface area contributed by atoms with Crippen molar-refractivity contribution in [1.82, 2.24) is 0 Å². The summed E-state index contributed by atoms with van der Waals surface area (Å²) in [6.45, 7) is 12.8. The Kier molecular flexibility index (Phi) is 6.41. The predicted molar refractivity (Wildman–Crippen MR) is 109 cm³/mol. The van der Waals surface area contributed by atoms with E-state index in [2.05, 4.69) is 53.7 Å². The van der Waals surface area contributed by atoms with Gasteiger partial charge in [-0.15, -0.1) is 0 Å². The molecule has 0 N–H and O–H groups in total. The van der Waals surface area contributed by atoms with E-state index in [1.807, 2.05) is 0 Å². The van der Waals surface area contributed by atoms with Crippen LogP contribution in [0.25, 0.3) is 0 Å². The van der Waals surface area contributed by atoms with Gasteiger partial charge in [0.2, 0.25) is 0 Å². The molecular formula is C23H27ClO2. The summed E-state index contributed by atoms with van der Waals surface area (Å²) >= 11 is 5.59. The van der Waals surface area contributed by atoms with Gasteiger partial charge in [0.1, 0.15) is 0 Å². The molecule has 0 heterocycles. The molecule has 0 aliphatic carbocycles. The van der Waals surface area contributed by atoms with Gasteiger partial charge in [-0.1, -0.05) is 71.9 Å². The molecule has 0 unspecified atom stereocenters. The van der Waals surface area contributed by atoms with Crippen LogP contribution < -0.4 is 0 Å². The topological polar surface area (TPSA) is 34.1 Å². The van der Waals surface area contributed by atoms with Gasteiger partial charge in [-0.25, -0.2) is 0 Å². The number of hydrogen-bond donors (Lipinski definition) is 0. The Morgan fingerprint density at radius 2 is 1.27 bits per heavy atom. The Morgan fingerprint density at radius 1 is 0.769 bits per heavy atom. The summed E-state index contributed by atoms with van der Waals surface area (Å²) in [7, 11) is 0. The van der Waals surface area contributed by atoms with Gasteiger partial charge in [0.05, 0.1) is 0 Å². The molecule has 0 aliphatic rings. The monoisotopic (exact) mass is 370 g/mol. The minimum absolute atomic E-state index is 0.0486. The summed E-state index contributed by atoms with van der Waals surface area (Å²) in [5.41, 5.74) is 4.98. The fourth-order valence-electron chi connectivity index (χ4n) is 3.15. The highest BCUT2D eigenvalue weighted by Crippen LogP contribution is 2.33. The largest absolute Gasteiger partial charge is 0.289 e. The quantitative estimate of drug-likeness (QED) is 0.420. The first-order chi connectivity index (χ1) is 12.1. The highest BCUT2D eigenvalue weighted by molar-refractivity contribution is 6.67. The van der Waals surface area contributed by atoms with E-state index in [1.54, 1.807) is 24.3 Å². The highest BCUT2D eigenvalue weighted by atomic mass is 35.5. The molecule has 138 valence electrons. The van der Waals surface area contributed by atoms with Crippen LogP contribution in [0.15, 0.2) is 36.4 Å². The molecule has 0 aliphatic heterocycles. The van der Waals surface area contributed by atoms with Gasteiger partial charge in [-0.3, -0.25) is 9.59 Å². The third-order valence-electron chi connectivity index (χ3n) is 4.71. The van der Waals surface area contributed by atoms with E-state index in [9.17, 15) is 9.59 Å². The maximum Gasteiger partial charge on any atom is 0.252 e. The van der Waals surface area contributed by atoms with E-state index in [1.165, 1.54) is 5.56 Å². The molecule has 0 radical (unpaired) electrons. The lowest BCUT2D eigenvalue weighted by atomic mass is 9.81. The summed E-state index contributed by atoms with van der Waals surface area (Å²) in [6, 6.07) is 11.0. The van der Waals surface area contributed by atoms with Crippen LogP contribution in [-0.2, 0) is 0 Å². The summed E-state index contributed by atoms with van der Waals surface area (Å²) in [5.74, 6) is 0.796. The van der Waals surface area contributed by atoms with Crippen LogP contribution in [0.5, 0.6) is 0 Å². The Hall–Kier alpha value is -1.93. The standard InChI is InChI=1S/C23H27ClO2/c1-13(2)18-11-19(14(3)4)21(20(12-18)15(5)6)22(25)16-8-7-9-17(10-16)23(24)26/h7-15H,1-6H3. The number of benzene rings is 2. The molecule has 0 amide bonds. The fourth-order valence-corrected chi connectivity index (χ4v) is 3.26. The SMILES string of the molecule is CC(C)c1cc(C(C)C)c(C(=O)c2cccc(C(=O)Cl)c2)c(C(C)C)c1. The van der Waals surface area contributed by atoms with Crippen molar-refractivity contribution in [2.75, 3.05) is 0 Å². The number of carbonyl (C=O) groups excluding carboxylic acids is 2. The second-order valence-electron chi connectivity index (χ2n) is 7.72. The predicted octanol–water partition coefficient (Wildman–Crippen LogP) is 6.67. The van der Waals surface area contributed by atoms with Crippen LogP contribution in [0.4, 0.5) is 0 Å². The number of rotatable bonds is 6. The molecule has 3 heteroatoms. The van der Waals surface area contributed by atoms with Crippen molar-refractivity contribution < 1.29 is 9.59 Å². The number of halogens is 1. The van der Waals surface area contributed by atoms with E-state index in [0.717, 1.165) is 16.7 Å². The molecule has 0 saturated carbocycles. The fraction of sp³-hybridized carbons (Fsp3) is 0.391. The second kappa shape index (κ2) is 8.18. The van der Waals surface area contributed by atoms with E-state index < -0.39 is 5.24 Å². The molecule has 2 aromatic carbocycles. The average molecular weight is 371 g/mol. The number of ketones is 1. The van der Waals surface area contributed by atoms with Gasteiger partial charge < -0.3 is 0 Å². The number of hydrogen-bond acceptors (Lipinski definition) is 2. The van der Waals surface area contributed by atoms with Crippen molar-refractivity contribution in [2.45, 2.75) is 59.3 Å². The normalized spacial score (nSPS) is 11.5. The molecule has 0 atom stereocenters. The molecule has 0 bridgehead atoms. The smallest absolute Gasteiger partial charge is 0.252 e. The maximum atomic E-state index is 13.4. The average Bonchev–Trinajstić information content (AvgIpc) is 2.59. The Labute approximate surface area is 161 Å². The van der Waals surface area contributed by atoms with E-state index in [4.69, 9.17) is 11.6 Å². The molecule has 0 aromatic heterocycles. The molecule has 0 saturated heterocycles. The van der Waals surface area contributed by atoms with Gasteiger partial charge in [-0.2, -0.15) is 0 Å². The van der Waals surface area contributed by atoms with Crippen molar-refractivity contribution in [3.63, 3.8) is 0 Å². The zero-order valence-electron chi connectivity index (χ0n) is 16.4. The lowest BCUT2D eigenvalue weighted by Gasteiger charge is -2.22. The van der Waals surface area contributed by atoms with Crippen molar-refractivity contribution in [1.29, 1.82) is 0 Å². The Bertz CT molecular complexity index is 803. The van der Waals surface area contributed by atoms with E-state index in [-0.39, 0.29) is 17.6 Å². The second-order valence-corrected chi connectivity index (χ2v) is 8.07. The zero-order chi connectivity index (χ0) is 19.6. The third kappa shape index (κ3) is 4.24. The molecule has 2 rings (SSSR count). The highest BCUT2D eigenvalue weighted by Gasteiger charge is 2.23. The van der Waals surface area contributed by atoms with Gasteiger partial charge >= 0.3 is 0 Å². The van der Waals surface area contributed by atoms with Crippen molar-refractivity contribution in [3.8, 4) is 0 Å². The zero-order valence-corrected chi connectivity index (χ0v) is 17.1. The molecular weight excluding hydrogens is 344 g/mol. The van der Waals surface area contributed by atoms with Crippen LogP contribution in [0, 0.1) is 0 Å². The van der Waals surface area contributed by atoms with Crippen molar-refractivity contribution >= 4 is 22.6 Å². The molecule has 2 aromatic rings.